The number of anilines is 1. The fraction of sp³-hybridized carbons (Fsp3) is 0.227. The van der Waals surface area contributed by atoms with Gasteiger partial charge in [-0.1, -0.05) is 0 Å². The number of allylic oxidation sites excluding steroid dienone is 1. The van der Waals surface area contributed by atoms with Gasteiger partial charge < -0.3 is 19.9 Å². The van der Waals surface area contributed by atoms with Gasteiger partial charge in [-0.3, -0.25) is 0 Å². The first-order chi connectivity index (χ1) is 14.2. The molecule has 2 N–H and O–H groups in total. The molecule has 4 heterocycles. The number of aromatic amines is 1. The van der Waals surface area contributed by atoms with E-state index in [0.717, 1.165) is 42.9 Å². The van der Waals surface area contributed by atoms with Gasteiger partial charge in [-0.25, -0.2) is 9.98 Å². The van der Waals surface area contributed by atoms with Gasteiger partial charge >= 0.3 is 0 Å². The first-order valence-corrected chi connectivity index (χ1v) is 9.71. The number of hydrogen-bond acceptors (Lipinski definition) is 6. The average molecular weight is 459 g/mol. The quantitative estimate of drug-likeness (QED) is 0.618. The Hall–Kier alpha value is -2.87. The zero-order valence-corrected chi connectivity index (χ0v) is 18.7. The summed E-state index contributed by atoms with van der Waals surface area (Å²) in [7, 11) is 2.16. The van der Waals surface area contributed by atoms with E-state index >= 15 is 0 Å². The van der Waals surface area contributed by atoms with Crippen molar-refractivity contribution in [3.63, 3.8) is 0 Å². The van der Waals surface area contributed by atoms with Crippen LogP contribution in [-0.4, -0.2) is 64.4 Å². The van der Waals surface area contributed by atoms with E-state index in [2.05, 4.69) is 48.9 Å². The number of fused-ring (bicyclic) bond motifs is 1. The number of aromatic nitrogens is 3. The van der Waals surface area contributed by atoms with E-state index in [1.54, 1.807) is 12.4 Å². The normalized spacial score (nSPS) is 16.7. The second kappa shape index (κ2) is 9.51. The number of hydrogen-bond donors (Lipinski definition) is 2. The molecule has 162 valence electrons. The monoisotopic (exact) mass is 458 g/mol. The van der Waals surface area contributed by atoms with Gasteiger partial charge in [0, 0.05) is 61.0 Å². The molecular formula is C22H24Cl2N6O. The molecule has 1 aromatic carbocycles. The predicted molar refractivity (Wildman–Crippen MR) is 130 cm³/mol. The van der Waals surface area contributed by atoms with E-state index in [-0.39, 0.29) is 30.7 Å². The van der Waals surface area contributed by atoms with Crippen LogP contribution in [0.15, 0.2) is 47.6 Å². The van der Waals surface area contributed by atoms with Gasteiger partial charge in [-0.05, 0) is 49.5 Å². The molecule has 2 aliphatic heterocycles. The number of benzene rings is 1. The first-order valence-electron chi connectivity index (χ1n) is 9.71. The van der Waals surface area contributed by atoms with Crippen molar-refractivity contribution >= 4 is 54.2 Å². The van der Waals surface area contributed by atoms with Gasteiger partial charge in [0.05, 0.1) is 0 Å². The van der Waals surface area contributed by atoms with Crippen LogP contribution in [0, 0.1) is 0 Å². The molecule has 0 saturated carbocycles. The number of piperazine rings is 1. The molecule has 0 amide bonds. The molecule has 0 spiro atoms. The lowest BCUT2D eigenvalue weighted by Crippen LogP contribution is -2.44. The number of aliphatic imine (C=N–C) groups is 1. The Morgan fingerprint density at radius 3 is 2.52 bits per heavy atom. The third-order valence-electron chi connectivity index (χ3n) is 5.44. The van der Waals surface area contributed by atoms with E-state index < -0.39 is 0 Å². The number of rotatable bonds is 3. The van der Waals surface area contributed by atoms with Crippen LogP contribution in [0.5, 0.6) is 5.88 Å². The number of halogens is 2. The van der Waals surface area contributed by atoms with Crippen LogP contribution in [0.3, 0.4) is 0 Å². The highest BCUT2D eigenvalue weighted by Crippen LogP contribution is 2.32. The predicted octanol–water partition coefficient (Wildman–Crippen LogP) is 4.03. The minimum atomic E-state index is -0.0265. The molecule has 7 nitrogen and oxygen atoms in total. The lowest BCUT2D eigenvalue weighted by Gasteiger charge is -2.34. The summed E-state index contributed by atoms with van der Waals surface area (Å²) in [5, 5.41) is 10.3. The van der Waals surface area contributed by atoms with Gasteiger partial charge in [0.1, 0.15) is 11.5 Å². The van der Waals surface area contributed by atoms with Gasteiger partial charge in [0.25, 0.3) is 0 Å². The zero-order chi connectivity index (χ0) is 19.8. The minimum absolute atomic E-state index is 0. The Morgan fingerprint density at radius 1 is 1.03 bits per heavy atom. The zero-order valence-electron chi connectivity index (χ0n) is 17.0. The molecule has 0 aliphatic carbocycles. The van der Waals surface area contributed by atoms with E-state index in [1.165, 1.54) is 5.69 Å². The molecule has 0 bridgehead atoms. The smallest absolute Gasteiger partial charge is 0.237 e. The molecule has 5 rings (SSSR count). The summed E-state index contributed by atoms with van der Waals surface area (Å²) in [4.78, 5) is 20.8. The van der Waals surface area contributed by atoms with Crippen molar-refractivity contribution in [2.75, 3.05) is 38.1 Å². The summed E-state index contributed by atoms with van der Waals surface area (Å²) in [6, 6.07) is 12.2. The molecule has 1 saturated heterocycles. The number of nitrogens with one attached hydrogen (secondary N) is 1. The number of aromatic hydroxyl groups is 1. The van der Waals surface area contributed by atoms with E-state index in [9.17, 15) is 5.11 Å². The Morgan fingerprint density at radius 2 is 1.77 bits per heavy atom. The van der Waals surface area contributed by atoms with Crippen molar-refractivity contribution < 1.29 is 5.11 Å². The molecule has 1 fully saturated rings. The van der Waals surface area contributed by atoms with Crippen LogP contribution in [-0.2, 0) is 0 Å². The maximum Gasteiger partial charge on any atom is 0.237 e. The summed E-state index contributed by atoms with van der Waals surface area (Å²) >= 11 is 0. The van der Waals surface area contributed by atoms with Gasteiger partial charge in [0.2, 0.25) is 5.88 Å². The minimum Gasteiger partial charge on any atom is -0.492 e. The molecule has 0 radical (unpaired) electrons. The average Bonchev–Trinajstić information content (AvgIpc) is 3.33. The van der Waals surface area contributed by atoms with E-state index in [0.29, 0.717) is 17.3 Å². The molecule has 31 heavy (non-hydrogen) atoms. The Balaban J connectivity index is 0.00000136. The van der Waals surface area contributed by atoms with Crippen molar-refractivity contribution in [3.8, 4) is 17.3 Å². The van der Waals surface area contributed by atoms with Crippen molar-refractivity contribution in [2.24, 2.45) is 4.99 Å². The van der Waals surface area contributed by atoms with Crippen LogP contribution in [0.1, 0.15) is 11.3 Å². The first kappa shape index (κ1) is 22.8. The number of likely N-dealkylation sites (N-methyl/N-ethyl adjacent to an activating group) is 1. The van der Waals surface area contributed by atoms with E-state index in [4.69, 9.17) is 0 Å². The van der Waals surface area contributed by atoms with Crippen molar-refractivity contribution in [1.29, 1.82) is 0 Å². The Labute approximate surface area is 193 Å². The topological polar surface area (TPSA) is 80.6 Å². The van der Waals surface area contributed by atoms with Gasteiger partial charge in [-0.15, -0.1) is 24.8 Å². The van der Waals surface area contributed by atoms with Gasteiger partial charge in [-0.2, -0.15) is 4.98 Å². The van der Waals surface area contributed by atoms with Crippen LogP contribution >= 0.6 is 24.8 Å². The third kappa shape index (κ3) is 4.58. The van der Waals surface area contributed by atoms with Crippen molar-refractivity contribution in [3.05, 3.63) is 53.9 Å². The van der Waals surface area contributed by atoms with E-state index in [1.807, 2.05) is 30.3 Å². The number of imidazole rings is 1. The summed E-state index contributed by atoms with van der Waals surface area (Å²) in [6.07, 6.45) is 5.32. The largest absolute Gasteiger partial charge is 0.492 e. The second-order valence-corrected chi connectivity index (χ2v) is 7.39. The lowest BCUT2D eigenvalue weighted by molar-refractivity contribution is 0.313. The van der Waals surface area contributed by atoms with Crippen LogP contribution in [0.2, 0.25) is 0 Å². The SMILES string of the molecule is CN1CCN(c2ccc(-c3nc(O)c(C=C4C=Nc5ncccc54)[nH]3)cc2)CC1.Cl.Cl. The number of H-pyrrole nitrogens is 1. The molecular weight excluding hydrogens is 435 g/mol. The van der Waals surface area contributed by atoms with Crippen molar-refractivity contribution in [1.82, 2.24) is 19.9 Å². The molecule has 3 aromatic rings. The number of pyridine rings is 1. The highest BCUT2D eigenvalue weighted by Gasteiger charge is 2.17. The lowest BCUT2D eigenvalue weighted by atomic mass is 10.1. The molecule has 2 aromatic heterocycles. The molecule has 0 atom stereocenters. The highest BCUT2D eigenvalue weighted by atomic mass is 35.5. The van der Waals surface area contributed by atoms with Crippen LogP contribution < -0.4 is 4.90 Å². The van der Waals surface area contributed by atoms with Gasteiger partial charge in [0.15, 0.2) is 5.82 Å². The summed E-state index contributed by atoms with van der Waals surface area (Å²) < 4.78 is 0. The van der Waals surface area contributed by atoms with Crippen LogP contribution in [0.25, 0.3) is 23.0 Å². The maximum atomic E-state index is 10.3. The summed E-state index contributed by atoms with van der Waals surface area (Å²) in [5.74, 6) is 1.31. The number of nitrogens with zero attached hydrogens (tertiary/aromatic N) is 5. The fourth-order valence-corrected chi connectivity index (χ4v) is 3.71. The summed E-state index contributed by atoms with van der Waals surface area (Å²) in [5.41, 5.74) is 4.54. The molecule has 0 unspecified atom stereocenters. The second-order valence-electron chi connectivity index (χ2n) is 7.39. The highest BCUT2D eigenvalue weighted by molar-refractivity contribution is 6.20. The maximum absolute atomic E-state index is 10.3. The Bertz CT molecular complexity index is 1100. The van der Waals surface area contributed by atoms with Crippen LogP contribution in [0.4, 0.5) is 11.5 Å². The molecule has 2 aliphatic rings. The standard InChI is InChI=1S/C22H22N6O.2ClH/c1-27-9-11-28(12-10-27)17-6-4-15(5-7-17)20-25-19(22(29)26-20)13-16-14-24-21-18(16)3-2-8-23-21;;/h2-8,13-14,29H,9-12H2,1H3,(H,25,26);2*1H. The Kier molecular flexibility index (Phi) is 7.00. The molecule has 9 heteroatoms. The van der Waals surface area contributed by atoms with Crippen molar-refractivity contribution in [2.45, 2.75) is 0 Å². The third-order valence-corrected chi connectivity index (χ3v) is 5.44. The fourth-order valence-electron chi connectivity index (χ4n) is 3.71. The summed E-state index contributed by atoms with van der Waals surface area (Å²) in [6.45, 7) is 4.22.